The van der Waals surface area contributed by atoms with E-state index in [9.17, 15) is 0 Å². The Morgan fingerprint density at radius 3 is 2.52 bits per heavy atom. The van der Waals surface area contributed by atoms with Gasteiger partial charge in [0.15, 0.2) is 0 Å². The molecule has 0 amide bonds. The van der Waals surface area contributed by atoms with Crippen LogP contribution in [0, 0.1) is 0 Å². The molecule has 0 saturated carbocycles. The number of piperidine rings is 1. The lowest BCUT2D eigenvalue weighted by Crippen LogP contribution is -2.40. The van der Waals surface area contributed by atoms with Gasteiger partial charge in [0.1, 0.15) is 0 Å². The molecule has 2 aliphatic heterocycles. The van der Waals surface area contributed by atoms with Crippen LogP contribution in [0.3, 0.4) is 0 Å². The summed E-state index contributed by atoms with van der Waals surface area (Å²) in [6.45, 7) is 1.76. The highest BCUT2D eigenvalue weighted by Crippen LogP contribution is 2.38. The van der Waals surface area contributed by atoms with Gasteiger partial charge in [-0.15, -0.1) is 0 Å². The molecule has 3 aromatic rings. The number of nitrogens with two attached hydrogens (primary N) is 2. The predicted molar refractivity (Wildman–Crippen MR) is 125 cm³/mol. The Labute approximate surface area is 182 Å². The summed E-state index contributed by atoms with van der Waals surface area (Å²) in [5, 5.41) is 4.41. The van der Waals surface area contributed by atoms with Crippen molar-refractivity contribution < 1.29 is 0 Å². The zero-order valence-electron chi connectivity index (χ0n) is 17.9. The van der Waals surface area contributed by atoms with E-state index in [2.05, 4.69) is 34.1 Å². The van der Waals surface area contributed by atoms with Gasteiger partial charge in [-0.1, -0.05) is 18.2 Å². The van der Waals surface area contributed by atoms with Gasteiger partial charge in [0, 0.05) is 56.2 Å². The lowest BCUT2D eigenvalue weighted by atomic mass is 9.97. The van der Waals surface area contributed by atoms with Gasteiger partial charge in [0.2, 0.25) is 5.95 Å². The van der Waals surface area contributed by atoms with E-state index in [1.54, 1.807) is 0 Å². The minimum absolute atomic E-state index is 0.00748. The van der Waals surface area contributed by atoms with Crippen LogP contribution < -0.4 is 21.3 Å². The lowest BCUT2D eigenvalue weighted by Gasteiger charge is -2.33. The minimum Gasteiger partial charge on any atom is -0.399 e. The van der Waals surface area contributed by atoms with Crippen molar-refractivity contribution in [2.24, 2.45) is 12.8 Å². The second kappa shape index (κ2) is 7.70. The van der Waals surface area contributed by atoms with E-state index >= 15 is 0 Å². The predicted octanol–water partition coefficient (Wildman–Crippen LogP) is 2.59. The van der Waals surface area contributed by atoms with Gasteiger partial charge < -0.3 is 21.3 Å². The van der Waals surface area contributed by atoms with Crippen molar-refractivity contribution in [2.45, 2.75) is 24.9 Å². The molecule has 1 aromatic carbocycles. The molecule has 1 fully saturated rings. The number of hydrogen-bond acceptors (Lipinski definition) is 7. The molecule has 31 heavy (non-hydrogen) atoms. The van der Waals surface area contributed by atoms with Crippen molar-refractivity contribution >= 4 is 23.4 Å². The molecule has 2 aromatic heterocycles. The molecule has 4 heterocycles. The standard InChI is InChI=1S/C23H28N8/c1-29-19(7-8-20-21(29)14-27-30(20)2)18-13-26-23(31-11-9-17(25)10-12-31)28-22(18)15-3-5-16(24)6-4-15/h3-8,13-14,17,19H,9-12,24-25H2,1-2H3. The van der Waals surface area contributed by atoms with Crippen molar-refractivity contribution in [3.8, 4) is 11.3 Å². The van der Waals surface area contributed by atoms with Gasteiger partial charge >= 0.3 is 0 Å². The number of benzene rings is 1. The first-order valence-electron chi connectivity index (χ1n) is 10.7. The maximum absolute atomic E-state index is 6.09. The number of aromatic nitrogens is 4. The van der Waals surface area contributed by atoms with E-state index in [1.807, 2.05) is 48.4 Å². The summed E-state index contributed by atoms with van der Waals surface area (Å²) < 4.78 is 1.89. The Morgan fingerprint density at radius 2 is 1.77 bits per heavy atom. The Kier molecular flexibility index (Phi) is 4.86. The van der Waals surface area contributed by atoms with Crippen LogP contribution in [-0.4, -0.2) is 45.9 Å². The number of rotatable bonds is 3. The number of anilines is 3. The van der Waals surface area contributed by atoms with Gasteiger partial charge in [-0.3, -0.25) is 4.68 Å². The molecule has 8 nitrogen and oxygen atoms in total. The van der Waals surface area contributed by atoms with Crippen molar-refractivity contribution in [3.63, 3.8) is 0 Å². The van der Waals surface area contributed by atoms with Crippen LogP contribution in [-0.2, 0) is 7.05 Å². The quantitative estimate of drug-likeness (QED) is 0.633. The first-order valence-corrected chi connectivity index (χ1v) is 10.7. The number of fused-ring (bicyclic) bond motifs is 1. The smallest absolute Gasteiger partial charge is 0.225 e. The molecule has 1 atom stereocenters. The first-order chi connectivity index (χ1) is 15.0. The van der Waals surface area contributed by atoms with Crippen molar-refractivity contribution in [1.29, 1.82) is 0 Å². The number of hydrogen-bond donors (Lipinski definition) is 2. The van der Waals surface area contributed by atoms with E-state index in [0.29, 0.717) is 0 Å². The molecule has 2 aliphatic rings. The Hall–Kier alpha value is -3.39. The van der Waals surface area contributed by atoms with Gasteiger partial charge in [0.25, 0.3) is 0 Å². The third kappa shape index (κ3) is 3.53. The fraction of sp³-hybridized carbons (Fsp3) is 0.348. The van der Waals surface area contributed by atoms with Crippen molar-refractivity contribution in [3.05, 3.63) is 54.0 Å². The maximum Gasteiger partial charge on any atom is 0.225 e. The molecular formula is C23H28N8. The van der Waals surface area contributed by atoms with E-state index in [0.717, 1.165) is 65.8 Å². The molecule has 0 aliphatic carbocycles. The summed E-state index contributed by atoms with van der Waals surface area (Å²) in [7, 11) is 4.04. The molecule has 8 heteroatoms. The summed E-state index contributed by atoms with van der Waals surface area (Å²) in [4.78, 5) is 14.3. The summed E-state index contributed by atoms with van der Waals surface area (Å²) in [6, 6.07) is 8.16. The number of nitrogen functional groups attached to an aromatic ring is 1. The molecule has 0 bridgehead atoms. The highest BCUT2D eigenvalue weighted by Gasteiger charge is 2.28. The monoisotopic (exact) mass is 416 g/mol. The van der Waals surface area contributed by atoms with E-state index in [4.69, 9.17) is 21.4 Å². The second-order valence-electron chi connectivity index (χ2n) is 8.37. The third-order valence-corrected chi connectivity index (χ3v) is 6.33. The topological polar surface area (TPSA) is 102 Å². The highest BCUT2D eigenvalue weighted by molar-refractivity contribution is 5.73. The summed E-state index contributed by atoms with van der Waals surface area (Å²) >= 11 is 0. The summed E-state index contributed by atoms with van der Waals surface area (Å²) in [5.74, 6) is 0.756. The summed E-state index contributed by atoms with van der Waals surface area (Å²) in [6.07, 6.45) is 10.1. The maximum atomic E-state index is 6.09. The van der Waals surface area contributed by atoms with Crippen molar-refractivity contribution in [1.82, 2.24) is 19.7 Å². The van der Waals surface area contributed by atoms with E-state index in [-0.39, 0.29) is 12.1 Å². The molecule has 1 unspecified atom stereocenters. The average Bonchev–Trinajstić information content (AvgIpc) is 3.17. The number of nitrogens with zero attached hydrogens (tertiary/aromatic N) is 6. The number of aryl methyl sites for hydroxylation is 1. The zero-order chi connectivity index (χ0) is 21.5. The molecule has 4 N–H and O–H groups in total. The molecule has 0 radical (unpaired) electrons. The zero-order valence-corrected chi connectivity index (χ0v) is 17.9. The Balaban J connectivity index is 1.57. The Morgan fingerprint density at radius 1 is 1.03 bits per heavy atom. The van der Waals surface area contributed by atoms with Crippen LogP contribution >= 0.6 is 0 Å². The van der Waals surface area contributed by atoms with E-state index < -0.39 is 0 Å². The van der Waals surface area contributed by atoms with Crippen molar-refractivity contribution in [2.75, 3.05) is 35.7 Å². The van der Waals surface area contributed by atoms with E-state index in [1.165, 1.54) is 0 Å². The molecular weight excluding hydrogens is 388 g/mol. The van der Waals surface area contributed by atoms with Crippen LogP contribution in [0.2, 0.25) is 0 Å². The van der Waals surface area contributed by atoms with Crippen LogP contribution in [0.5, 0.6) is 0 Å². The van der Waals surface area contributed by atoms with Crippen LogP contribution in [0.4, 0.5) is 17.3 Å². The SMILES string of the molecule is CN1c2cnn(C)c2C=CC1c1cnc(N2CCC(N)CC2)nc1-c1ccc(N)cc1. The van der Waals surface area contributed by atoms with Gasteiger partial charge in [0.05, 0.1) is 29.3 Å². The fourth-order valence-electron chi connectivity index (χ4n) is 4.40. The van der Waals surface area contributed by atoms with Gasteiger partial charge in [-0.2, -0.15) is 5.10 Å². The van der Waals surface area contributed by atoms with Crippen LogP contribution in [0.15, 0.2) is 42.7 Å². The summed E-state index contributed by atoms with van der Waals surface area (Å²) in [5.41, 5.74) is 18.0. The average molecular weight is 417 g/mol. The number of likely N-dealkylation sites (N-methyl/N-ethyl adjacent to an activating group) is 1. The molecule has 160 valence electrons. The van der Waals surface area contributed by atoms with Gasteiger partial charge in [-0.25, -0.2) is 9.97 Å². The second-order valence-corrected chi connectivity index (χ2v) is 8.37. The third-order valence-electron chi connectivity index (χ3n) is 6.33. The largest absolute Gasteiger partial charge is 0.399 e. The lowest BCUT2D eigenvalue weighted by molar-refractivity contribution is 0.495. The minimum atomic E-state index is 0.00748. The van der Waals surface area contributed by atoms with Crippen LogP contribution in [0.1, 0.15) is 30.1 Å². The molecule has 0 spiro atoms. The fourth-order valence-corrected chi connectivity index (χ4v) is 4.40. The normalized spacial score (nSPS) is 19.0. The first kappa shape index (κ1) is 19.6. The molecule has 5 rings (SSSR count). The van der Waals surface area contributed by atoms with Gasteiger partial charge in [-0.05, 0) is 31.1 Å². The highest BCUT2D eigenvalue weighted by atomic mass is 15.3. The Bertz CT molecular complexity index is 1110. The molecule has 1 saturated heterocycles. The van der Waals surface area contributed by atoms with Crippen LogP contribution in [0.25, 0.3) is 17.3 Å².